The number of hydrogen-bond acceptors (Lipinski definition) is 3. The normalized spacial score (nSPS) is 8.80. The molecule has 0 N–H and O–H groups in total. The second kappa shape index (κ2) is 13.2. The molecule has 80 valence electrons. The first-order chi connectivity index (χ1) is 6.02. The van der Waals surface area contributed by atoms with Gasteiger partial charge in [-0.25, -0.2) is 0 Å². The summed E-state index contributed by atoms with van der Waals surface area (Å²) in [5, 5.41) is 0. The van der Waals surface area contributed by atoms with Gasteiger partial charge < -0.3 is 4.74 Å². The quantitative estimate of drug-likeness (QED) is 0.308. The molecule has 3 nitrogen and oxygen atoms in total. The Kier molecular flexibility index (Phi) is 18.9. The second-order valence-corrected chi connectivity index (χ2v) is 3.61. The molecule has 0 bridgehead atoms. The van der Waals surface area contributed by atoms with E-state index in [-0.39, 0.29) is 59.1 Å². The Morgan fingerprint density at radius 3 is 2.07 bits per heavy atom. The predicted octanol–water partition coefficient (Wildman–Crippen LogP) is 0.995. The van der Waals surface area contributed by atoms with E-state index in [1.807, 2.05) is 0 Å². The molecule has 0 heterocycles. The van der Waals surface area contributed by atoms with Crippen molar-refractivity contribution in [1.29, 1.82) is 0 Å². The second-order valence-electron chi connectivity index (χ2n) is 3.61. The van der Waals surface area contributed by atoms with Gasteiger partial charge in [0.2, 0.25) is 0 Å². The van der Waals surface area contributed by atoms with Gasteiger partial charge in [-0.05, 0) is 12.3 Å². The first-order valence-corrected chi connectivity index (χ1v) is 4.73. The van der Waals surface area contributed by atoms with E-state index in [0.29, 0.717) is 12.3 Å². The summed E-state index contributed by atoms with van der Waals surface area (Å²) in [5.74, 6) is -0.256. The zero-order valence-electron chi connectivity index (χ0n) is 8.63. The number of ether oxygens (including phenoxy) is 1. The van der Waals surface area contributed by atoms with Crippen molar-refractivity contribution in [2.75, 3.05) is 0 Å². The van der Waals surface area contributed by atoms with Gasteiger partial charge in [-0.1, -0.05) is 26.7 Å². The molecule has 0 aliphatic heterocycles. The van der Waals surface area contributed by atoms with Crippen molar-refractivity contribution in [3.05, 3.63) is 0 Å². The minimum absolute atomic E-state index is 0. The summed E-state index contributed by atoms with van der Waals surface area (Å²) in [4.78, 5) is 21.2. The number of carbonyl (C=O) groups excluding carboxylic acids is 2. The molecule has 0 spiro atoms. The number of carbonyl (C=O) groups is 2. The van der Waals surface area contributed by atoms with E-state index < -0.39 is 11.9 Å². The Morgan fingerprint density at radius 1 is 1.13 bits per heavy atom. The Hall–Kier alpha value is 1.14. The van der Waals surface area contributed by atoms with Gasteiger partial charge >= 0.3 is 71.1 Å². The fourth-order valence-electron chi connectivity index (χ4n) is 1.03. The Morgan fingerprint density at radius 2 is 1.67 bits per heavy atom. The Balaban J connectivity index is -0.000000720. The van der Waals surface area contributed by atoms with Crippen LogP contribution >= 0.6 is 0 Å². The van der Waals surface area contributed by atoms with Crippen molar-refractivity contribution in [3.63, 3.8) is 0 Å². The Bertz CT molecular complexity index is 182. The summed E-state index contributed by atoms with van der Waals surface area (Å²) in [5.41, 5.74) is 0. The van der Waals surface area contributed by atoms with Crippen molar-refractivity contribution in [2.24, 2.45) is 5.92 Å². The summed E-state index contributed by atoms with van der Waals surface area (Å²) in [6.45, 7) is 5.54. The van der Waals surface area contributed by atoms with Gasteiger partial charge in [0, 0.05) is 13.3 Å². The van der Waals surface area contributed by atoms with E-state index in [1.165, 1.54) is 6.92 Å². The van der Waals surface area contributed by atoms with Gasteiger partial charge in [-0.15, -0.1) is 0 Å². The average Bonchev–Trinajstić information content (AvgIpc) is 1.96. The number of hydrogen-bond donors (Lipinski definition) is 0. The summed E-state index contributed by atoms with van der Waals surface area (Å²) >= 11 is 0. The van der Waals surface area contributed by atoms with E-state index in [4.69, 9.17) is 0 Å². The van der Waals surface area contributed by atoms with Crippen molar-refractivity contribution in [1.82, 2.24) is 0 Å². The van der Waals surface area contributed by atoms with Crippen molar-refractivity contribution >= 4 is 71.1 Å². The van der Waals surface area contributed by atoms with Gasteiger partial charge in [0.1, 0.15) is 0 Å². The fraction of sp³-hybridized carbons (Fsp3) is 0.800. The molecule has 0 aromatic carbocycles. The van der Waals surface area contributed by atoms with E-state index >= 15 is 0 Å². The van der Waals surface area contributed by atoms with Gasteiger partial charge in [0.15, 0.2) is 0 Å². The maximum atomic E-state index is 10.9. The van der Waals surface area contributed by atoms with E-state index in [1.54, 1.807) is 0 Å². The average molecular weight is 234 g/mol. The van der Waals surface area contributed by atoms with Crippen LogP contribution in [0, 0.1) is 5.92 Å². The molecule has 0 aromatic rings. The predicted molar refractivity (Wildman–Crippen MR) is 64.4 cm³/mol. The maximum absolute atomic E-state index is 10.9. The first kappa shape index (κ1) is 21.4. The molecule has 15 heavy (non-hydrogen) atoms. The van der Waals surface area contributed by atoms with Crippen LogP contribution in [0.25, 0.3) is 0 Å². The summed E-state index contributed by atoms with van der Waals surface area (Å²) in [6, 6.07) is 0. The van der Waals surface area contributed by atoms with Gasteiger partial charge in [0.25, 0.3) is 0 Å². The number of unbranched alkanes of at least 4 members (excludes halogenated alkanes) is 1. The molecule has 0 amide bonds. The van der Waals surface area contributed by atoms with Crippen molar-refractivity contribution < 1.29 is 14.3 Å². The topological polar surface area (TPSA) is 43.4 Å². The van der Waals surface area contributed by atoms with Crippen molar-refractivity contribution in [2.45, 2.75) is 46.5 Å². The van der Waals surface area contributed by atoms with E-state index in [2.05, 4.69) is 18.6 Å². The van der Waals surface area contributed by atoms with Crippen molar-refractivity contribution in [3.8, 4) is 0 Å². The minimum atomic E-state index is -0.520. The van der Waals surface area contributed by atoms with Crippen LogP contribution in [0.5, 0.6) is 0 Å². The summed E-state index contributed by atoms with van der Waals surface area (Å²) in [7, 11) is 0. The molecule has 0 rings (SSSR count). The zero-order chi connectivity index (χ0) is 10.3. The van der Waals surface area contributed by atoms with Crippen LogP contribution < -0.4 is 0 Å². The van der Waals surface area contributed by atoms with Crippen LogP contribution in [0.15, 0.2) is 0 Å². The third-order valence-corrected chi connectivity index (χ3v) is 1.67. The van der Waals surface area contributed by atoms with E-state index in [0.717, 1.165) is 19.3 Å². The summed E-state index contributed by atoms with van der Waals surface area (Å²) < 4.78 is 4.38. The fourth-order valence-corrected chi connectivity index (χ4v) is 1.03. The van der Waals surface area contributed by atoms with Crippen LogP contribution in [0.2, 0.25) is 0 Å². The Labute approximate surface area is 136 Å². The SMILES string of the molecule is CC(=O)OC(=O)CCCCC(C)C.[NaH].[NaH]. The number of rotatable bonds is 5. The molecule has 0 saturated heterocycles. The molecule has 0 aliphatic rings. The molecule has 0 unspecified atom stereocenters. The summed E-state index contributed by atoms with van der Waals surface area (Å²) in [6.07, 6.45) is 3.30. The molecule has 0 atom stereocenters. The monoisotopic (exact) mass is 234 g/mol. The molecule has 5 heteroatoms. The third kappa shape index (κ3) is 17.7. The molecule has 0 aromatic heterocycles. The molecule has 0 saturated carbocycles. The van der Waals surface area contributed by atoms with Crippen LogP contribution in [-0.2, 0) is 14.3 Å². The van der Waals surface area contributed by atoms with Crippen LogP contribution in [0.3, 0.4) is 0 Å². The van der Waals surface area contributed by atoms with Crippen LogP contribution in [0.1, 0.15) is 46.5 Å². The zero-order valence-corrected chi connectivity index (χ0v) is 8.63. The molecule has 0 radical (unpaired) electrons. The van der Waals surface area contributed by atoms with Crippen LogP contribution in [-0.4, -0.2) is 71.1 Å². The van der Waals surface area contributed by atoms with Gasteiger partial charge in [-0.2, -0.15) is 0 Å². The van der Waals surface area contributed by atoms with E-state index in [9.17, 15) is 9.59 Å². The standard InChI is InChI=1S/C10H18O3.2Na.2H/c1-8(2)6-4-5-7-10(12)13-9(3)11;;;;/h8H,4-7H2,1-3H3;;;;. The molecular formula is C10H20Na2O3. The van der Waals surface area contributed by atoms with Crippen LogP contribution in [0.4, 0.5) is 0 Å². The van der Waals surface area contributed by atoms with Gasteiger partial charge in [-0.3, -0.25) is 9.59 Å². The number of esters is 2. The van der Waals surface area contributed by atoms with Gasteiger partial charge in [0.05, 0.1) is 0 Å². The molecule has 0 fully saturated rings. The molecule has 0 aliphatic carbocycles. The molecular weight excluding hydrogens is 214 g/mol. The third-order valence-electron chi connectivity index (χ3n) is 1.67. The first-order valence-electron chi connectivity index (χ1n) is 4.73.